The van der Waals surface area contributed by atoms with Gasteiger partial charge in [0.05, 0.1) is 0 Å². The van der Waals surface area contributed by atoms with E-state index in [0.29, 0.717) is 0 Å². The summed E-state index contributed by atoms with van der Waals surface area (Å²) < 4.78 is 0. The largest absolute Gasteiger partial charge is 0.356 e. The van der Waals surface area contributed by atoms with Gasteiger partial charge < -0.3 is 10.2 Å². The van der Waals surface area contributed by atoms with Crippen molar-refractivity contribution in [2.75, 3.05) is 25.0 Å². The maximum Gasteiger partial charge on any atom is 0.129 e. The molecule has 3 nitrogen and oxygen atoms in total. The highest BCUT2D eigenvalue weighted by Crippen LogP contribution is 2.26. The molecule has 0 amide bonds. The Labute approximate surface area is 111 Å². The van der Waals surface area contributed by atoms with Gasteiger partial charge in [-0.3, -0.25) is 0 Å². The van der Waals surface area contributed by atoms with Gasteiger partial charge in [0, 0.05) is 25.3 Å². The van der Waals surface area contributed by atoms with Gasteiger partial charge in [0.1, 0.15) is 5.82 Å². The molecule has 1 unspecified atom stereocenters. The molecule has 0 radical (unpaired) electrons. The summed E-state index contributed by atoms with van der Waals surface area (Å²) in [6, 6.07) is 4.40. The Balaban J connectivity index is 2.08. The third-order valence-corrected chi connectivity index (χ3v) is 3.69. The monoisotopic (exact) mass is 247 g/mol. The fourth-order valence-electron chi connectivity index (χ4n) is 2.87. The van der Waals surface area contributed by atoms with Gasteiger partial charge in [0.15, 0.2) is 0 Å². The Kier molecular flexibility index (Phi) is 4.59. The molecule has 1 aliphatic heterocycles. The second-order valence-corrected chi connectivity index (χ2v) is 5.39. The van der Waals surface area contributed by atoms with Crippen LogP contribution in [0.3, 0.4) is 0 Å². The minimum absolute atomic E-state index is 0.866. The lowest BCUT2D eigenvalue weighted by atomic mass is 10.0. The Hall–Kier alpha value is -1.09. The van der Waals surface area contributed by atoms with Crippen LogP contribution in [0.25, 0.3) is 0 Å². The van der Waals surface area contributed by atoms with Crippen LogP contribution < -0.4 is 10.2 Å². The molecule has 3 heteroatoms. The minimum Gasteiger partial charge on any atom is -0.356 e. The Bertz CT molecular complexity index is 389. The lowest BCUT2D eigenvalue weighted by molar-refractivity contribution is 0.529. The van der Waals surface area contributed by atoms with Crippen LogP contribution in [0.15, 0.2) is 12.1 Å². The van der Waals surface area contributed by atoms with Crippen molar-refractivity contribution in [1.29, 1.82) is 0 Å². The van der Waals surface area contributed by atoms with Gasteiger partial charge in [-0.2, -0.15) is 0 Å². The molecule has 0 aromatic carbocycles. The summed E-state index contributed by atoms with van der Waals surface area (Å²) in [5, 5.41) is 3.21. The lowest BCUT2D eigenvalue weighted by Crippen LogP contribution is -2.21. The third-order valence-electron chi connectivity index (χ3n) is 3.69. The average molecular weight is 247 g/mol. The summed E-state index contributed by atoms with van der Waals surface area (Å²) in [6.07, 6.45) is 3.97. The van der Waals surface area contributed by atoms with Gasteiger partial charge >= 0.3 is 0 Å². The van der Waals surface area contributed by atoms with Crippen LogP contribution in [0, 0.1) is 12.8 Å². The summed E-state index contributed by atoms with van der Waals surface area (Å²) in [6.45, 7) is 7.63. The quantitative estimate of drug-likeness (QED) is 0.867. The topological polar surface area (TPSA) is 28.2 Å². The molecule has 0 bridgehead atoms. The maximum atomic E-state index is 4.69. The number of aromatic nitrogens is 1. The zero-order valence-electron chi connectivity index (χ0n) is 11.9. The molecule has 1 fully saturated rings. The molecule has 1 aromatic rings. The SMILES string of the molecule is CCCC1CCN(c2cc(CNC)cc(C)n2)C1. The van der Waals surface area contributed by atoms with E-state index in [0.717, 1.165) is 18.2 Å². The first kappa shape index (κ1) is 13.3. The van der Waals surface area contributed by atoms with E-state index in [4.69, 9.17) is 4.98 Å². The van der Waals surface area contributed by atoms with E-state index in [2.05, 4.69) is 36.2 Å². The molecule has 1 N–H and O–H groups in total. The van der Waals surface area contributed by atoms with E-state index in [9.17, 15) is 0 Å². The molecule has 18 heavy (non-hydrogen) atoms. The van der Waals surface area contributed by atoms with Crippen molar-refractivity contribution in [3.05, 3.63) is 23.4 Å². The van der Waals surface area contributed by atoms with Gasteiger partial charge in [-0.15, -0.1) is 0 Å². The van der Waals surface area contributed by atoms with Crippen LogP contribution in [0.1, 0.15) is 37.4 Å². The van der Waals surface area contributed by atoms with Crippen LogP contribution in [0.5, 0.6) is 0 Å². The molecule has 1 saturated heterocycles. The summed E-state index contributed by atoms with van der Waals surface area (Å²) in [5.41, 5.74) is 2.45. The van der Waals surface area contributed by atoms with Gasteiger partial charge in [-0.1, -0.05) is 13.3 Å². The second kappa shape index (κ2) is 6.19. The molecule has 0 spiro atoms. The fraction of sp³-hybridized carbons (Fsp3) is 0.667. The number of pyridine rings is 1. The predicted octanol–water partition coefficient (Wildman–Crippen LogP) is 2.74. The maximum absolute atomic E-state index is 4.69. The molecular weight excluding hydrogens is 222 g/mol. The fourth-order valence-corrected chi connectivity index (χ4v) is 2.87. The van der Waals surface area contributed by atoms with E-state index < -0.39 is 0 Å². The van der Waals surface area contributed by atoms with Crippen molar-refractivity contribution >= 4 is 5.82 Å². The summed E-state index contributed by atoms with van der Waals surface area (Å²) in [5.74, 6) is 2.03. The normalized spacial score (nSPS) is 19.5. The average Bonchev–Trinajstić information content (AvgIpc) is 2.78. The van der Waals surface area contributed by atoms with Crippen LogP contribution in [0.4, 0.5) is 5.82 Å². The second-order valence-electron chi connectivity index (χ2n) is 5.39. The highest BCUT2D eigenvalue weighted by Gasteiger charge is 2.22. The zero-order chi connectivity index (χ0) is 13.0. The zero-order valence-corrected chi connectivity index (χ0v) is 11.9. The van der Waals surface area contributed by atoms with E-state index in [-0.39, 0.29) is 0 Å². The molecule has 1 aromatic heterocycles. The summed E-state index contributed by atoms with van der Waals surface area (Å²) in [4.78, 5) is 7.14. The molecule has 2 rings (SSSR count). The number of nitrogens with one attached hydrogen (secondary N) is 1. The van der Waals surface area contributed by atoms with E-state index >= 15 is 0 Å². The number of hydrogen-bond donors (Lipinski definition) is 1. The standard InChI is InChI=1S/C15H25N3/c1-4-5-13-6-7-18(11-13)15-9-14(10-16-3)8-12(2)17-15/h8-9,13,16H,4-7,10-11H2,1-3H3. The van der Waals surface area contributed by atoms with Crippen LogP contribution in [0.2, 0.25) is 0 Å². The highest BCUT2D eigenvalue weighted by atomic mass is 15.2. The molecule has 1 aliphatic rings. The Morgan fingerprint density at radius 3 is 3.00 bits per heavy atom. The van der Waals surface area contributed by atoms with Gasteiger partial charge in [-0.25, -0.2) is 4.98 Å². The molecule has 1 atom stereocenters. The van der Waals surface area contributed by atoms with Crippen molar-refractivity contribution in [2.45, 2.75) is 39.7 Å². The molecule has 100 valence electrons. The number of aryl methyl sites for hydroxylation is 1. The first-order valence-electron chi connectivity index (χ1n) is 7.10. The van der Waals surface area contributed by atoms with Gasteiger partial charge in [0.25, 0.3) is 0 Å². The van der Waals surface area contributed by atoms with Crippen molar-refractivity contribution in [3.63, 3.8) is 0 Å². The van der Waals surface area contributed by atoms with Crippen molar-refractivity contribution in [2.24, 2.45) is 5.92 Å². The van der Waals surface area contributed by atoms with Crippen molar-refractivity contribution in [3.8, 4) is 0 Å². The molecular formula is C15H25N3. The summed E-state index contributed by atoms with van der Waals surface area (Å²) in [7, 11) is 1.99. The van der Waals surface area contributed by atoms with Crippen molar-refractivity contribution in [1.82, 2.24) is 10.3 Å². The number of hydrogen-bond acceptors (Lipinski definition) is 3. The minimum atomic E-state index is 0.866. The van der Waals surface area contributed by atoms with Crippen molar-refractivity contribution < 1.29 is 0 Å². The van der Waals surface area contributed by atoms with Crippen LogP contribution in [-0.4, -0.2) is 25.1 Å². The third kappa shape index (κ3) is 3.22. The molecule has 0 saturated carbocycles. The number of rotatable bonds is 5. The van der Waals surface area contributed by atoms with E-state index in [1.54, 1.807) is 0 Å². The first-order chi connectivity index (χ1) is 8.72. The number of anilines is 1. The molecule has 2 heterocycles. The number of nitrogens with zero attached hydrogens (tertiary/aromatic N) is 2. The summed E-state index contributed by atoms with van der Waals surface area (Å²) >= 11 is 0. The van der Waals surface area contributed by atoms with Gasteiger partial charge in [0.2, 0.25) is 0 Å². The Morgan fingerprint density at radius 1 is 1.44 bits per heavy atom. The van der Waals surface area contributed by atoms with Crippen LogP contribution >= 0.6 is 0 Å². The smallest absolute Gasteiger partial charge is 0.129 e. The van der Waals surface area contributed by atoms with Crippen LogP contribution in [-0.2, 0) is 6.54 Å². The predicted molar refractivity (Wildman–Crippen MR) is 77.0 cm³/mol. The van der Waals surface area contributed by atoms with Gasteiger partial charge in [-0.05, 0) is 50.4 Å². The lowest BCUT2D eigenvalue weighted by Gasteiger charge is -2.19. The highest BCUT2D eigenvalue weighted by molar-refractivity contribution is 5.43. The first-order valence-corrected chi connectivity index (χ1v) is 7.10. The van der Waals surface area contributed by atoms with E-state index in [1.165, 1.54) is 43.7 Å². The molecule has 0 aliphatic carbocycles. The Morgan fingerprint density at radius 2 is 2.28 bits per heavy atom. The van der Waals surface area contributed by atoms with E-state index in [1.807, 2.05) is 7.05 Å².